The van der Waals surface area contributed by atoms with E-state index in [2.05, 4.69) is 53.7 Å². The predicted molar refractivity (Wildman–Crippen MR) is 173 cm³/mol. The van der Waals surface area contributed by atoms with Crippen LogP contribution >= 0.6 is 0 Å². The maximum Gasteiger partial charge on any atom is 0.164 e. The first-order chi connectivity index (χ1) is 20.1. The number of hydrogen-bond acceptors (Lipinski definition) is 6. The van der Waals surface area contributed by atoms with Crippen molar-refractivity contribution in [2.75, 3.05) is 42.7 Å². The number of fused-ring (bicyclic) bond motifs is 2. The Labute approximate surface area is 250 Å². The molecule has 6 nitrogen and oxygen atoms in total. The Balaban J connectivity index is 2.19. The normalized spacial score (nSPS) is 11.5. The molecule has 0 N–H and O–H groups in total. The molecule has 0 spiro atoms. The average molecular weight is 575 g/mol. The maximum atomic E-state index is 6.25. The van der Waals surface area contributed by atoms with Crippen LogP contribution in [0.3, 0.4) is 0 Å². The number of aryl methyl sites for hydroxylation is 2. The van der Waals surface area contributed by atoms with Crippen molar-refractivity contribution in [2.45, 2.75) is 54.4 Å². The minimum atomic E-state index is 0.426. The zero-order chi connectivity index (χ0) is 30.9. The summed E-state index contributed by atoms with van der Waals surface area (Å²) in [6, 6.07) is 8.54. The Kier molecular flexibility index (Phi) is 9.34. The molecule has 0 amide bonds. The monoisotopic (exact) mass is 574 g/mol. The van der Waals surface area contributed by atoms with Gasteiger partial charge in [0.2, 0.25) is 0 Å². The van der Waals surface area contributed by atoms with Crippen LogP contribution in [0.25, 0.3) is 32.7 Å². The summed E-state index contributed by atoms with van der Waals surface area (Å²) in [5.74, 6) is 5.32. The summed E-state index contributed by atoms with van der Waals surface area (Å²) in [4.78, 5) is 0. The SMILES string of the molecule is COc1cc2c(OC)c(-c3c(C)cc4c(CC(C)C)c(OC)c(OC)cc4c3OC)c(C)cc2c(CC(C)C)c1OC. The quantitative estimate of drug-likeness (QED) is 0.179. The minimum absolute atomic E-state index is 0.426. The van der Waals surface area contributed by atoms with Gasteiger partial charge < -0.3 is 28.4 Å². The van der Waals surface area contributed by atoms with E-state index in [0.717, 1.165) is 90.8 Å². The molecule has 4 rings (SSSR count). The van der Waals surface area contributed by atoms with Crippen LogP contribution in [0.1, 0.15) is 49.9 Å². The van der Waals surface area contributed by atoms with Crippen LogP contribution in [0.4, 0.5) is 0 Å². The summed E-state index contributed by atoms with van der Waals surface area (Å²) in [5.41, 5.74) is 6.38. The summed E-state index contributed by atoms with van der Waals surface area (Å²) in [5, 5.41) is 4.14. The first-order valence-electron chi connectivity index (χ1n) is 14.6. The molecule has 0 aromatic heterocycles. The molecule has 4 aromatic rings. The minimum Gasteiger partial charge on any atom is -0.495 e. The molecular formula is C36H46O6. The number of rotatable bonds is 11. The Morgan fingerprint density at radius 1 is 0.452 bits per heavy atom. The molecule has 42 heavy (non-hydrogen) atoms. The Bertz CT molecular complexity index is 1500. The van der Waals surface area contributed by atoms with Crippen molar-refractivity contribution in [3.8, 4) is 45.6 Å². The first kappa shape index (κ1) is 31.1. The van der Waals surface area contributed by atoms with E-state index >= 15 is 0 Å². The summed E-state index contributed by atoms with van der Waals surface area (Å²) in [6.07, 6.45) is 1.69. The molecule has 226 valence electrons. The van der Waals surface area contributed by atoms with Crippen molar-refractivity contribution in [3.63, 3.8) is 0 Å². The third-order valence-electron chi connectivity index (χ3n) is 7.96. The van der Waals surface area contributed by atoms with Crippen LogP contribution in [0.15, 0.2) is 24.3 Å². The van der Waals surface area contributed by atoms with Gasteiger partial charge in [-0.05, 0) is 72.6 Å². The Hall–Kier alpha value is -3.80. The molecule has 0 saturated carbocycles. The highest BCUT2D eigenvalue weighted by molar-refractivity contribution is 6.06. The van der Waals surface area contributed by atoms with E-state index in [1.807, 2.05) is 12.1 Å². The largest absolute Gasteiger partial charge is 0.495 e. The summed E-state index contributed by atoms with van der Waals surface area (Å²) in [7, 11) is 10.2. The summed E-state index contributed by atoms with van der Waals surface area (Å²) < 4.78 is 35.9. The lowest BCUT2D eigenvalue weighted by Gasteiger charge is -2.25. The second-order valence-corrected chi connectivity index (χ2v) is 11.8. The van der Waals surface area contributed by atoms with Crippen molar-refractivity contribution in [1.29, 1.82) is 0 Å². The molecule has 0 aliphatic carbocycles. The summed E-state index contributed by atoms with van der Waals surface area (Å²) in [6.45, 7) is 13.1. The third-order valence-corrected chi connectivity index (χ3v) is 7.96. The zero-order valence-electron chi connectivity index (χ0n) is 27.3. The van der Waals surface area contributed by atoms with Gasteiger partial charge in [-0.1, -0.05) is 39.8 Å². The van der Waals surface area contributed by atoms with Crippen molar-refractivity contribution < 1.29 is 28.4 Å². The van der Waals surface area contributed by atoms with Crippen LogP contribution in [-0.4, -0.2) is 42.7 Å². The van der Waals surface area contributed by atoms with Gasteiger partial charge in [0.1, 0.15) is 11.5 Å². The highest BCUT2D eigenvalue weighted by atomic mass is 16.5. The number of hydrogen-bond donors (Lipinski definition) is 0. The third kappa shape index (κ3) is 5.28. The molecule has 0 atom stereocenters. The topological polar surface area (TPSA) is 55.4 Å². The predicted octanol–water partition coefficient (Wildman–Crippen LogP) is 8.73. The van der Waals surface area contributed by atoms with Gasteiger partial charge in [0.25, 0.3) is 0 Å². The molecule has 0 aliphatic rings. The number of methoxy groups -OCH3 is 6. The standard InChI is InChI=1S/C36H46O6/c1-19(2)13-25-23-15-21(5)31(35(41-11)27(23)17-29(37-7)33(25)39-9)32-22(6)16-24-26(14-20(3)4)34(40-10)30(38-8)18-28(24)36(32)42-12/h15-20H,13-14H2,1-12H3. The zero-order valence-corrected chi connectivity index (χ0v) is 27.3. The highest BCUT2D eigenvalue weighted by Gasteiger charge is 2.27. The van der Waals surface area contributed by atoms with E-state index in [9.17, 15) is 0 Å². The van der Waals surface area contributed by atoms with Gasteiger partial charge in [-0.15, -0.1) is 0 Å². The molecule has 0 radical (unpaired) electrons. The van der Waals surface area contributed by atoms with E-state index in [1.165, 1.54) is 0 Å². The molecular weight excluding hydrogens is 528 g/mol. The fourth-order valence-corrected chi connectivity index (χ4v) is 6.34. The van der Waals surface area contributed by atoms with Crippen LogP contribution < -0.4 is 28.4 Å². The first-order valence-corrected chi connectivity index (χ1v) is 14.6. The van der Waals surface area contributed by atoms with E-state index in [4.69, 9.17) is 28.4 Å². The number of benzene rings is 4. The van der Waals surface area contributed by atoms with Gasteiger partial charge in [0, 0.05) is 33.0 Å². The Morgan fingerprint density at radius 2 is 0.786 bits per heavy atom. The molecule has 6 heteroatoms. The van der Waals surface area contributed by atoms with Gasteiger partial charge in [-0.25, -0.2) is 0 Å². The second kappa shape index (κ2) is 12.6. The lowest BCUT2D eigenvalue weighted by Crippen LogP contribution is -2.05. The summed E-state index contributed by atoms with van der Waals surface area (Å²) >= 11 is 0. The molecule has 0 fully saturated rings. The van der Waals surface area contributed by atoms with Crippen LogP contribution in [0.5, 0.6) is 34.5 Å². The smallest absolute Gasteiger partial charge is 0.164 e. The molecule has 0 unspecified atom stereocenters. The van der Waals surface area contributed by atoms with Crippen LogP contribution in [-0.2, 0) is 12.8 Å². The Morgan fingerprint density at radius 3 is 1.05 bits per heavy atom. The average Bonchev–Trinajstić information content (AvgIpc) is 2.95. The van der Waals surface area contributed by atoms with E-state index in [0.29, 0.717) is 23.3 Å². The van der Waals surface area contributed by atoms with E-state index in [-0.39, 0.29) is 0 Å². The van der Waals surface area contributed by atoms with Gasteiger partial charge in [0.15, 0.2) is 23.0 Å². The van der Waals surface area contributed by atoms with Crippen LogP contribution in [0.2, 0.25) is 0 Å². The van der Waals surface area contributed by atoms with Crippen molar-refractivity contribution in [1.82, 2.24) is 0 Å². The highest BCUT2D eigenvalue weighted by Crippen LogP contribution is 2.52. The lowest BCUT2D eigenvalue weighted by molar-refractivity contribution is 0.351. The second-order valence-electron chi connectivity index (χ2n) is 11.8. The molecule has 0 bridgehead atoms. The fourth-order valence-electron chi connectivity index (χ4n) is 6.34. The molecule has 0 heterocycles. The molecule has 0 aliphatic heterocycles. The van der Waals surface area contributed by atoms with E-state index in [1.54, 1.807) is 42.7 Å². The maximum absolute atomic E-state index is 6.25. The van der Waals surface area contributed by atoms with Gasteiger partial charge >= 0.3 is 0 Å². The van der Waals surface area contributed by atoms with E-state index < -0.39 is 0 Å². The number of ether oxygens (including phenoxy) is 6. The van der Waals surface area contributed by atoms with Crippen molar-refractivity contribution in [2.24, 2.45) is 11.8 Å². The molecule has 0 saturated heterocycles. The van der Waals surface area contributed by atoms with Crippen molar-refractivity contribution in [3.05, 3.63) is 46.5 Å². The van der Waals surface area contributed by atoms with Crippen molar-refractivity contribution >= 4 is 21.5 Å². The molecule has 4 aromatic carbocycles. The van der Waals surface area contributed by atoms with Gasteiger partial charge in [0.05, 0.1) is 42.7 Å². The van der Waals surface area contributed by atoms with Gasteiger partial charge in [-0.3, -0.25) is 0 Å². The van der Waals surface area contributed by atoms with Crippen LogP contribution in [0, 0.1) is 25.7 Å². The van der Waals surface area contributed by atoms with Gasteiger partial charge in [-0.2, -0.15) is 0 Å². The lowest BCUT2D eigenvalue weighted by atomic mass is 9.85. The fraction of sp³-hybridized carbons (Fsp3) is 0.444.